The lowest BCUT2D eigenvalue weighted by Crippen LogP contribution is -2.32. The van der Waals surface area contributed by atoms with Gasteiger partial charge in [0.25, 0.3) is 5.91 Å². The molecule has 0 radical (unpaired) electrons. The van der Waals surface area contributed by atoms with Crippen molar-refractivity contribution in [3.05, 3.63) is 47.8 Å². The Hall–Kier alpha value is -2.87. The maximum absolute atomic E-state index is 12.2. The second kappa shape index (κ2) is 9.89. The van der Waals surface area contributed by atoms with Crippen molar-refractivity contribution in [2.45, 2.75) is 38.8 Å². The zero-order valence-electron chi connectivity index (χ0n) is 16.1. The predicted molar refractivity (Wildman–Crippen MR) is 106 cm³/mol. The Balaban J connectivity index is 1.35. The van der Waals surface area contributed by atoms with E-state index in [2.05, 4.69) is 21.0 Å². The molecule has 0 bridgehead atoms. The zero-order chi connectivity index (χ0) is 19.8. The summed E-state index contributed by atoms with van der Waals surface area (Å²) in [5.41, 5.74) is 2.31. The van der Waals surface area contributed by atoms with Crippen LogP contribution in [0, 0.1) is 6.92 Å². The Bertz CT molecular complexity index is 781. The minimum Gasteiger partial charge on any atom is -0.376 e. The number of nitrogens with one attached hydrogen (secondary N) is 3. The molecule has 0 saturated carbocycles. The van der Waals surface area contributed by atoms with E-state index in [1.807, 2.05) is 24.0 Å². The number of anilines is 1. The third kappa shape index (κ3) is 6.09. The summed E-state index contributed by atoms with van der Waals surface area (Å²) < 4.78 is 7.35. The first-order chi connectivity index (χ1) is 13.6. The predicted octanol–water partition coefficient (Wildman–Crippen LogP) is 2.31. The van der Waals surface area contributed by atoms with Crippen LogP contribution >= 0.6 is 0 Å². The van der Waals surface area contributed by atoms with Gasteiger partial charge >= 0.3 is 6.03 Å². The van der Waals surface area contributed by atoms with E-state index in [-0.39, 0.29) is 18.0 Å². The fourth-order valence-electron chi connectivity index (χ4n) is 3.03. The maximum Gasteiger partial charge on any atom is 0.319 e. The monoisotopic (exact) mass is 385 g/mol. The molecule has 8 nitrogen and oxygen atoms in total. The number of benzene rings is 1. The molecule has 1 aliphatic heterocycles. The summed E-state index contributed by atoms with van der Waals surface area (Å²) in [6.45, 7) is 4.59. The molecular formula is C20H27N5O3. The van der Waals surface area contributed by atoms with Crippen LogP contribution in [-0.2, 0) is 11.3 Å². The summed E-state index contributed by atoms with van der Waals surface area (Å²) in [5, 5.41) is 12.7. The number of ether oxygens (including phenoxy) is 1. The first-order valence-corrected chi connectivity index (χ1v) is 9.64. The largest absolute Gasteiger partial charge is 0.376 e. The van der Waals surface area contributed by atoms with Gasteiger partial charge < -0.3 is 20.7 Å². The summed E-state index contributed by atoms with van der Waals surface area (Å²) in [5.74, 6) is -0.139. The van der Waals surface area contributed by atoms with Gasteiger partial charge in [0.05, 0.1) is 12.3 Å². The molecule has 3 N–H and O–H groups in total. The minimum absolute atomic E-state index is 0.117. The van der Waals surface area contributed by atoms with E-state index >= 15 is 0 Å². The van der Waals surface area contributed by atoms with Crippen LogP contribution in [0.1, 0.15) is 35.2 Å². The molecule has 8 heteroatoms. The highest BCUT2D eigenvalue weighted by Gasteiger charge is 2.16. The number of hydrogen-bond acceptors (Lipinski definition) is 4. The number of amides is 3. The van der Waals surface area contributed by atoms with Gasteiger partial charge in [-0.25, -0.2) is 4.79 Å². The van der Waals surface area contributed by atoms with Crippen LogP contribution in [0.4, 0.5) is 10.5 Å². The van der Waals surface area contributed by atoms with Gasteiger partial charge in [0.1, 0.15) is 0 Å². The molecule has 1 aromatic carbocycles. The quantitative estimate of drug-likeness (QED) is 0.608. The Morgan fingerprint density at radius 2 is 2.07 bits per heavy atom. The first-order valence-electron chi connectivity index (χ1n) is 9.64. The third-order valence-electron chi connectivity index (χ3n) is 4.53. The standard InChI is InChI=1S/C20H27N5O3/c1-15-12-23-25(14-15)10-3-9-21-20(27)24-17-7-5-16(6-8-17)19(26)22-13-18-4-2-11-28-18/h5-8,12,14,18H,2-4,9-11,13H2,1H3,(H,22,26)(H2,21,24,27)/t18-/m0/s1. The molecule has 0 unspecified atom stereocenters. The number of carbonyl (C=O) groups excluding carboxylic acids is 2. The number of rotatable bonds is 8. The maximum atomic E-state index is 12.2. The fourth-order valence-corrected chi connectivity index (χ4v) is 3.03. The molecule has 0 spiro atoms. The van der Waals surface area contributed by atoms with Crippen LogP contribution in [-0.4, -0.2) is 47.5 Å². The van der Waals surface area contributed by atoms with Crippen LogP contribution in [0.15, 0.2) is 36.7 Å². The lowest BCUT2D eigenvalue weighted by molar-refractivity contribution is 0.0858. The number of aromatic nitrogens is 2. The van der Waals surface area contributed by atoms with Gasteiger partial charge in [-0.05, 0) is 56.0 Å². The highest BCUT2D eigenvalue weighted by molar-refractivity contribution is 5.95. The van der Waals surface area contributed by atoms with Crippen molar-refractivity contribution in [2.75, 3.05) is 25.0 Å². The number of hydrogen-bond donors (Lipinski definition) is 3. The topological polar surface area (TPSA) is 97.3 Å². The molecule has 3 amide bonds. The van der Waals surface area contributed by atoms with Gasteiger partial charge in [-0.15, -0.1) is 0 Å². The van der Waals surface area contributed by atoms with E-state index in [0.29, 0.717) is 24.3 Å². The van der Waals surface area contributed by atoms with Crippen LogP contribution in [0.2, 0.25) is 0 Å². The summed E-state index contributed by atoms with van der Waals surface area (Å²) in [7, 11) is 0. The van der Waals surface area contributed by atoms with Crippen molar-refractivity contribution in [3.63, 3.8) is 0 Å². The van der Waals surface area contributed by atoms with E-state index in [9.17, 15) is 9.59 Å². The first kappa shape index (κ1) is 19.9. The fraction of sp³-hybridized carbons (Fsp3) is 0.450. The Morgan fingerprint density at radius 1 is 1.25 bits per heavy atom. The van der Waals surface area contributed by atoms with Crippen molar-refractivity contribution in [2.24, 2.45) is 0 Å². The molecule has 1 aromatic heterocycles. The van der Waals surface area contributed by atoms with Crippen molar-refractivity contribution in [1.29, 1.82) is 0 Å². The number of nitrogens with zero attached hydrogens (tertiary/aromatic N) is 2. The highest BCUT2D eigenvalue weighted by Crippen LogP contribution is 2.12. The van der Waals surface area contributed by atoms with Gasteiger partial charge in [0.15, 0.2) is 0 Å². The number of carbonyl (C=O) groups is 2. The average Bonchev–Trinajstić information content (AvgIpc) is 3.35. The average molecular weight is 385 g/mol. The number of urea groups is 1. The molecule has 1 fully saturated rings. The van der Waals surface area contributed by atoms with E-state index in [4.69, 9.17) is 4.74 Å². The van der Waals surface area contributed by atoms with E-state index < -0.39 is 0 Å². The molecule has 1 aliphatic rings. The van der Waals surface area contributed by atoms with Crippen LogP contribution in [0.25, 0.3) is 0 Å². The molecule has 28 heavy (non-hydrogen) atoms. The second-order valence-corrected chi connectivity index (χ2v) is 6.94. The third-order valence-corrected chi connectivity index (χ3v) is 4.53. The second-order valence-electron chi connectivity index (χ2n) is 6.94. The summed E-state index contributed by atoms with van der Waals surface area (Å²) >= 11 is 0. The molecule has 1 atom stereocenters. The van der Waals surface area contributed by atoms with Gasteiger partial charge in [0, 0.05) is 43.7 Å². The van der Waals surface area contributed by atoms with Crippen molar-refractivity contribution in [3.8, 4) is 0 Å². The van der Waals surface area contributed by atoms with Gasteiger partial charge in [-0.1, -0.05) is 0 Å². The van der Waals surface area contributed by atoms with E-state index in [1.54, 1.807) is 24.3 Å². The molecule has 2 aromatic rings. The van der Waals surface area contributed by atoms with Crippen molar-refractivity contribution in [1.82, 2.24) is 20.4 Å². The number of aryl methyl sites for hydroxylation is 2. The van der Waals surface area contributed by atoms with Crippen LogP contribution in [0.3, 0.4) is 0 Å². The minimum atomic E-state index is -0.271. The zero-order valence-corrected chi connectivity index (χ0v) is 16.1. The summed E-state index contributed by atoms with van der Waals surface area (Å²) in [4.78, 5) is 24.1. The molecular weight excluding hydrogens is 358 g/mol. The van der Waals surface area contributed by atoms with Crippen molar-refractivity contribution >= 4 is 17.6 Å². The van der Waals surface area contributed by atoms with E-state index in [0.717, 1.165) is 38.0 Å². The van der Waals surface area contributed by atoms with Crippen LogP contribution < -0.4 is 16.0 Å². The highest BCUT2D eigenvalue weighted by atomic mass is 16.5. The molecule has 150 valence electrons. The smallest absolute Gasteiger partial charge is 0.319 e. The Kier molecular flexibility index (Phi) is 7.02. The summed E-state index contributed by atoms with van der Waals surface area (Å²) in [6.07, 6.45) is 6.72. The van der Waals surface area contributed by atoms with Crippen molar-refractivity contribution < 1.29 is 14.3 Å². The SMILES string of the molecule is Cc1cnn(CCCNC(=O)Nc2ccc(C(=O)NC[C@@H]3CCCO3)cc2)c1. The van der Waals surface area contributed by atoms with Crippen LogP contribution in [0.5, 0.6) is 0 Å². The molecule has 1 saturated heterocycles. The normalized spacial score (nSPS) is 16.0. The van der Waals surface area contributed by atoms with Gasteiger partial charge in [-0.2, -0.15) is 5.10 Å². The van der Waals surface area contributed by atoms with Gasteiger partial charge in [-0.3, -0.25) is 9.48 Å². The Morgan fingerprint density at radius 3 is 2.75 bits per heavy atom. The lowest BCUT2D eigenvalue weighted by Gasteiger charge is -2.11. The molecule has 3 rings (SSSR count). The molecule has 0 aliphatic carbocycles. The van der Waals surface area contributed by atoms with Gasteiger partial charge in [0.2, 0.25) is 0 Å². The summed E-state index contributed by atoms with van der Waals surface area (Å²) in [6, 6.07) is 6.55. The van der Waals surface area contributed by atoms with E-state index in [1.165, 1.54) is 0 Å². The molecule has 2 heterocycles. The lowest BCUT2D eigenvalue weighted by atomic mass is 10.2. The Labute approximate surface area is 164 Å².